The van der Waals surface area contributed by atoms with E-state index in [2.05, 4.69) is 0 Å². The lowest BCUT2D eigenvalue weighted by molar-refractivity contribution is -0.137. The van der Waals surface area contributed by atoms with Gasteiger partial charge in [-0.25, -0.2) is 0 Å². The molecule has 1 N–H and O–H groups in total. The number of aryl methyl sites for hydroxylation is 1. The highest BCUT2D eigenvalue weighted by atomic mass is 16.4. The van der Waals surface area contributed by atoms with Crippen LogP contribution in [0.4, 0.5) is 0 Å². The standard InChI is InChI=1S/C12H18N2O3/c1-3-7-14-8-4-5-10(14)12(17)13(2)9-6-11(15)16/h4-5,8H,3,6-7,9H2,1-2H3,(H,15,16). The average molecular weight is 238 g/mol. The Hall–Kier alpha value is -1.78. The molecule has 0 saturated heterocycles. The second-order valence-corrected chi connectivity index (χ2v) is 3.96. The first kappa shape index (κ1) is 13.3. The number of carbonyl (C=O) groups is 2. The Kier molecular flexibility index (Phi) is 4.75. The molecule has 0 aromatic carbocycles. The number of aliphatic carboxylic acids is 1. The zero-order valence-electron chi connectivity index (χ0n) is 10.2. The first-order chi connectivity index (χ1) is 8.06. The fourth-order valence-electron chi connectivity index (χ4n) is 1.60. The lowest BCUT2D eigenvalue weighted by atomic mass is 10.3. The molecule has 1 amide bonds. The van der Waals surface area contributed by atoms with Gasteiger partial charge in [0.05, 0.1) is 6.42 Å². The number of nitrogens with zero attached hydrogens (tertiary/aromatic N) is 2. The zero-order chi connectivity index (χ0) is 12.8. The maximum absolute atomic E-state index is 12.0. The summed E-state index contributed by atoms with van der Waals surface area (Å²) in [6.45, 7) is 3.06. The monoisotopic (exact) mass is 238 g/mol. The van der Waals surface area contributed by atoms with E-state index in [-0.39, 0.29) is 18.9 Å². The van der Waals surface area contributed by atoms with Crippen molar-refractivity contribution < 1.29 is 14.7 Å². The minimum absolute atomic E-state index is 0.0310. The van der Waals surface area contributed by atoms with Crippen molar-refractivity contribution in [1.29, 1.82) is 0 Å². The van der Waals surface area contributed by atoms with Crippen LogP contribution in [-0.2, 0) is 11.3 Å². The second kappa shape index (κ2) is 6.08. The Morgan fingerprint density at radius 2 is 2.18 bits per heavy atom. The number of carboxylic acid groups (broad SMARTS) is 1. The summed E-state index contributed by atoms with van der Waals surface area (Å²) in [5.74, 6) is -1.03. The van der Waals surface area contributed by atoms with Crippen molar-refractivity contribution in [1.82, 2.24) is 9.47 Å². The Labute approximate surface area is 101 Å². The first-order valence-electron chi connectivity index (χ1n) is 5.68. The molecule has 0 aliphatic carbocycles. The van der Waals surface area contributed by atoms with Crippen LogP contribution in [0, 0.1) is 0 Å². The molecule has 5 heteroatoms. The highest BCUT2D eigenvalue weighted by molar-refractivity contribution is 5.92. The second-order valence-electron chi connectivity index (χ2n) is 3.96. The fraction of sp³-hybridized carbons (Fsp3) is 0.500. The predicted molar refractivity (Wildman–Crippen MR) is 63.9 cm³/mol. The Morgan fingerprint density at radius 1 is 1.47 bits per heavy atom. The summed E-state index contributed by atoms with van der Waals surface area (Å²) >= 11 is 0. The number of amides is 1. The quantitative estimate of drug-likeness (QED) is 0.815. The minimum atomic E-state index is -0.895. The molecule has 5 nitrogen and oxygen atoms in total. The molecule has 1 aromatic rings. The summed E-state index contributed by atoms with van der Waals surface area (Å²) in [6, 6.07) is 3.59. The summed E-state index contributed by atoms with van der Waals surface area (Å²) in [6.07, 6.45) is 2.78. The van der Waals surface area contributed by atoms with Gasteiger partial charge >= 0.3 is 5.97 Å². The Balaban J connectivity index is 2.67. The summed E-state index contributed by atoms with van der Waals surface area (Å²) < 4.78 is 1.89. The zero-order valence-corrected chi connectivity index (χ0v) is 10.2. The summed E-state index contributed by atoms with van der Waals surface area (Å²) in [4.78, 5) is 23.9. The molecule has 0 spiro atoms. The normalized spacial score (nSPS) is 10.2. The number of hydrogen-bond acceptors (Lipinski definition) is 2. The molecular weight excluding hydrogens is 220 g/mol. The minimum Gasteiger partial charge on any atom is -0.481 e. The van der Waals surface area contributed by atoms with E-state index in [9.17, 15) is 9.59 Å². The maximum Gasteiger partial charge on any atom is 0.305 e. The van der Waals surface area contributed by atoms with E-state index >= 15 is 0 Å². The maximum atomic E-state index is 12.0. The average Bonchev–Trinajstić information content (AvgIpc) is 2.73. The number of carboxylic acids is 1. The molecule has 94 valence electrons. The highest BCUT2D eigenvalue weighted by Gasteiger charge is 2.15. The van der Waals surface area contributed by atoms with Crippen molar-refractivity contribution in [3.05, 3.63) is 24.0 Å². The third-order valence-corrected chi connectivity index (χ3v) is 2.52. The molecular formula is C12H18N2O3. The number of rotatable bonds is 6. The van der Waals surface area contributed by atoms with Crippen molar-refractivity contribution in [2.45, 2.75) is 26.3 Å². The first-order valence-corrected chi connectivity index (χ1v) is 5.68. The van der Waals surface area contributed by atoms with E-state index in [1.807, 2.05) is 23.8 Å². The van der Waals surface area contributed by atoms with Crippen molar-refractivity contribution in [3.63, 3.8) is 0 Å². The van der Waals surface area contributed by atoms with Crippen LogP contribution in [0.15, 0.2) is 18.3 Å². The van der Waals surface area contributed by atoms with Crippen molar-refractivity contribution >= 4 is 11.9 Å². The van der Waals surface area contributed by atoms with Crippen LogP contribution >= 0.6 is 0 Å². The summed E-state index contributed by atoms with van der Waals surface area (Å²) in [7, 11) is 1.62. The van der Waals surface area contributed by atoms with Gasteiger partial charge in [-0.3, -0.25) is 9.59 Å². The number of aromatic nitrogens is 1. The van der Waals surface area contributed by atoms with Gasteiger partial charge in [-0.2, -0.15) is 0 Å². The highest BCUT2D eigenvalue weighted by Crippen LogP contribution is 2.07. The number of hydrogen-bond donors (Lipinski definition) is 1. The van der Waals surface area contributed by atoms with Crippen LogP contribution in [0.5, 0.6) is 0 Å². The van der Waals surface area contributed by atoms with E-state index < -0.39 is 5.97 Å². The largest absolute Gasteiger partial charge is 0.481 e. The van der Waals surface area contributed by atoms with Gasteiger partial charge in [0.2, 0.25) is 0 Å². The lowest BCUT2D eigenvalue weighted by Crippen LogP contribution is -2.30. The van der Waals surface area contributed by atoms with Crippen LogP contribution in [0.25, 0.3) is 0 Å². The molecule has 1 aromatic heterocycles. The SMILES string of the molecule is CCCn1cccc1C(=O)N(C)CCC(=O)O. The smallest absolute Gasteiger partial charge is 0.305 e. The van der Waals surface area contributed by atoms with Crippen LogP contribution in [-0.4, -0.2) is 40.0 Å². The van der Waals surface area contributed by atoms with Gasteiger partial charge in [0, 0.05) is 26.3 Å². The molecule has 0 fully saturated rings. The van der Waals surface area contributed by atoms with Crippen LogP contribution in [0.2, 0.25) is 0 Å². The molecule has 0 aliphatic rings. The van der Waals surface area contributed by atoms with Crippen LogP contribution in [0.1, 0.15) is 30.3 Å². The molecule has 1 rings (SSSR count). The van der Waals surface area contributed by atoms with E-state index in [0.717, 1.165) is 13.0 Å². The topological polar surface area (TPSA) is 62.5 Å². The van der Waals surface area contributed by atoms with Crippen molar-refractivity contribution in [2.75, 3.05) is 13.6 Å². The van der Waals surface area contributed by atoms with Crippen LogP contribution < -0.4 is 0 Å². The number of carbonyl (C=O) groups excluding carboxylic acids is 1. The van der Waals surface area contributed by atoms with E-state index in [1.54, 1.807) is 13.1 Å². The molecule has 0 saturated carbocycles. The van der Waals surface area contributed by atoms with Gasteiger partial charge in [0.1, 0.15) is 5.69 Å². The summed E-state index contributed by atoms with van der Waals surface area (Å²) in [5.41, 5.74) is 0.611. The molecule has 17 heavy (non-hydrogen) atoms. The molecule has 0 atom stereocenters. The van der Waals surface area contributed by atoms with Gasteiger partial charge in [-0.1, -0.05) is 6.92 Å². The molecule has 0 unspecified atom stereocenters. The molecule has 0 aliphatic heterocycles. The summed E-state index contributed by atoms with van der Waals surface area (Å²) in [5, 5.41) is 8.57. The van der Waals surface area contributed by atoms with E-state index in [1.165, 1.54) is 4.90 Å². The van der Waals surface area contributed by atoms with Gasteiger partial charge in [-0.15, -0.1) is 0 Å². The molecule has 1 heterocycles. The molecule has 0 bridgehead atoms. The van der Waals surface area contributed by atoms with Crippen molar-refractivity contribution in [3.8, 4) is 0 Å². The lowest BCUT2D eigenvalue weighted by Gasteiger charge is -2.17. The fourth-order valence-corrected chi connectivity index (χ4v) is 1.60. The van der Waals surface area contributed by atoms with Crippen LogP contribution in [0.3, 0.4) is 0 Å². The van der Waals surface area contributed by atoms with Crippen molar-refractivity contribution in [2.24, 2.45) is 0 Å². The third-order valence-electron chi connectivity index (χ3n) is 2.52. The van der Waals surface area contributed by atoms with E-state index in [4.69, 9.17) is 5.11 Å². The van der Waals surface area contributed by atoms with Gasteiger partial charge in [0.15, 0.2) is 0 Å². The predicted octanol–water partition coefficient (Wildman–Crippen LogP) is 1.44. The van der Waals surface area contributed by atoms with Gasteiger partial charge in [0.25, 0.3) is 5.91 Å². The van der Waals surface area contributed by atoms with E-state index in [0.29, 0.717) is 5.69 Å². The third kappa shape index (κ3) is 3.62. The Morgan fingerprint density at radius 3 is 2.76 bits per heavy atom. The molecule has 0 radical (unpaired) electrons. The van der Waals surface area contributed by atoms with Gasteiger partial charge < -0.3 is 14.6 Å². The van der Waals surface area contributed by atoms with Gasteiger partial charge in [-0.05, 0) is 18.6 Å². The Bertz CT molecular complexity index is 398.